The summed E-state index contributed by atoms with van der Waals surface area (Å²) in [7, 11) is 0. The van der Waals surface area contributed by atoms with Crippen molar-refractivity contribution in [2.75, 3.05) is 6.54 Å². The maximum atomic E-state index is 13.1. The molecule has 1 aromatic rings. The van der Waals surface area contributed by atoms with Gasteiger partial charge in [0.05, 0.1) is 6.54 Å². The third-order valence-electron chi connectivity index (χ3n) is 2.62. The molecule has 0 saturated heterocycles. The summed E-state index contributed by atoms with van der Waals surface area (Å²) in [4.78, 5) is 1.36. The molecule has 0 atom stereocenters. The van der Waals surface area contributed by atoms with Gasteiger partial charge in [-0.15, -0.1) is 12.1 Å². The van der Waals surface area contributed by atoms with Crippen molar-refractivity contribution in [2.45, 2.75) is 6.43 Å². The third kappa shape index (κ3) is 4.06. The van der Waals surface area contributed by atoms with E-state index in [2.05, 4.69) is 28.6 Å². The van der Waals surface area contributed by atoms with E-state index in [1.807, 2.05) is 0 Å². The van der Waals surface area contributed by atoms with Crippen LogP contribution in [0.4, 0.5) is 13.2 Å². The summed E-state index contributed by atoms with van der Waals surface area (Å²) in [5.74, 6) is -0.401. The molecule has 0 amide bonds. The van der Waals surface area contributed by atoms with Crippen molar-refractivity contribution < 1.29 is 45.9 Å². The van der Waals surface area contributed by atoms with Gasteiger partial charge in [0.25, 0.3) is 6.43 Å². The van der Waals surface area contributed by atoms with Crippen LogP contribution < -0.4 is 0 Å². The van der Waals surface area contributed by atoms with Gasteiger partial charge in [0.2, 0.25) is 0 Å². The molecule has 1 heterocycles. The number of hydrogen-bond donors (Lipinski definition) is 0. The zero-order chi connectivity index (χ0) is 14.0. The van der Waals surface area contributed by atoms with Crippen LogP contribution in [0.15, 0.2) is 47.1 Å². The number of rotatable bonds is 3. The van der Waals surface area contributed by atoms with E-state index in [9.17, 15) is 13.2 Å². The molecule has 0 N–H and O–H groups in total. The fourth-order valence-electron chi connectivity index (χ4n) is 1.78. The van der Waals surface area contributed by atoms with Crippen molar-refractivity contribution >= 4 is 21.6 Å². The van der Waals surface area contributed by atoms with Crippen LogP contribution in [0.2, 0.25) is 0 Å². The van der Waals surface area contributed by atoms with Gasteiger partial charge in [-0.2, -0.15) is 12.2 Å². The maximum Gasteiger partial charge on any atom is 0.256 e. The molecule has 0 aromatic heterocycles. The van der Waals surface area contributed by atoms with Crippen LogP contribution in [0.5, 0.6) is 0 Å². The minimum atomic E-state index is -2.50. The van der Waals surface area contributed by atoms with E-state index in [0.29, 0.717) is 21.4 Å². The standard InChI is InChI=1S/C14H10BrF3N.Y/c1-9-3-2-4-13(19(9)8-14(17)18)11-6-5-10(16)7-12(11)15;/h2-3,5-7,14H,1,8H2;/q-1;. The van der Waals surface area contributed by atoms with Gasteiger partial charge >= 0.3 is 0 Å². The molecule has 0 fully saturated rings. The van der Waals surface area contributed by atoms with E-state index in [1.54, 1.807) is 12.2 Å². The van der Waals surface area contributed by atoms with Gasteiger partial charge in [-0.05, 0) is 22.3 Å². The Bertz CT molecular complexity index is 570. The molecule has 0 unspecified atom stereocenters. The molecule has 1 aliphatic heterocycles. The summed E-state index contributed by atoms with van der Waals surface area (Å²) in [5, 5.41) is 0. The van der Waals surface area contributed by atoms with Gasteiger partial charge in [0.1, 0.15) is 5.82 Å². The van der Waals surface area contributed by atoms with Crippen molar-refractivity contribution in [3.8, 4) is 0 Å². The normalized spacial score (nSPS) is 14.3. The molecule has 1 aliphatic rings. The predicted molar refractivity (Wildman–Crippen MR) is 71.7 cm³/mol. The Kier molecular flexibility index (Phi) is 6.69. The molecule has 20 heavy (non-hydrogen) atoms. The third-order valence-corrected chi connectivity index (χ3v) is 3.28. The number of nitrogens with zero attached hydrogens (tertiary/aromatic N) is 1. The van der Waals surface area contributed by atoms with Crippen LogP contribution in [0.3, 0.4) is 0 Å². The Labute approximate surface area is 149 Å². The van der Waals surface area contributed by atoms with E-state index in [4.69, 9.17) is 0 Å². The Morgan fingerprint density at radius 2 is 2.05 bits per heavy atom. The van der Waals surface area contributed by atoms with E-state index in [1.165, 1.54) is 23.1 Å². The van der Waals surface area contributed by atoms with Crippen molar-refractivity contribution in [3.63, 3.8) is 0 Å². The smallest absolute Gasteiger partial charge is 0.256 e. The topological polar surface area (TPSA) is 3.24 Å². The Hall–Kier alpha value is -0.386. The molecular weight excluding hydrogens is 408 g/mol. The van der Waals surface area contributed by atoms with Gasteiger partial charge < -0.3 is 4.90 Å². The fraction of sp³-hybridized carbons (Fsp3) is 0.143. The molecule has 1 nitrogen and oxygen atoms in total. The van der Waals surface area contributed by atoms with E-state index in [0.717, 1.165) is 0 Å². The van der Waals surface area contributed by atoms with Crippen molar-refractivity contribution in [1.82, 2.24) is 4.90 Å². The van der Waals surface area contributed by atoms with Crippen LogP contribution in [-0.2, 0) is 32.7 Å². The SMILES string of the molecule is C=C1C=C[C-]=C(c2ccc(F)cc2Br)N1CC(F)F.[Y]. The molecule has 103 valence electrons. The number of benzene rings is 1. The fourth-order valence-corrected chi connectivity index (χ4v) is 2.32. The monoisotopic (exact) mass is 417 g/mol. The second-order valence-corrected chi connectivity index (χ2v) is 4.80. The summed E-state index contributed by atoms with van der Waals surface area (Å²) < 4.78 is 38.8. The second-order valence-electron chi connectivity index (χ2n) is 3.94. The van der Waals surface area contributed by atoms with E-state index < -0.39 is 18.8 Å². The van der Waals surface area contributed by atoms with Gasteiger partial charge in [0.15, 0.2) is 0 Å². The Morgan fingerprint density at radius 3 is 2.65 bits per heavy atom. The number of hydrogen-bond acceptors (Lipinski definition) is 1. The quantitative estimate of drug-likeness (QED) is 0.659. The zero-order valence-electron chi connectivity index (χ0n) is 10.4. The average Bonchev–Trinajstić information content (AvgIpc) is 2.32. The van der Waals surface area contributed by atoms with E-state index in [-0.39, 0.29) is 32.7 Å². The Balaban J connectivity index is 0.00000200. The van der Waals surface area contributed by atoms with Crippen LogP contribution in [0.1, 0.15) is 5.56 Å². The first-order valence-corrected chi connectivity index (χ1v) is 6.28. The first-order chi connectivity index (χ1) is 8.99. The molecule has 0 bridgehead atoms. The maximum absolute atomic E-state index is 13.1. The van der Waals surface area contributed by atoms with Crippen molar-refractivity contribution in [1.29, 1.82) is 0 Å². The summed E-state index contributed by atoms with van der Waals surface area (Å²) in [6, 6.07) is 4.08. The summed E-state index contributed by atoms with van der Waals surface area (Å²) in [5.41, 5.74) is 1.48. The molecule has 0 saturated carbocycles. The molecule has 0 spiro atoms. The van der Waals surface area contributed by atoms with Gasteiger partial charge in [-0.1, -0.05) is 33.8 Å². The summed E-state index contributed by atoms with van der Waals surface area (Å²) in [6.45, 7) is 3.25. The molecule has 1 aromatic carbocycles. The Morgan fingerprint density at radius 1 is 1.35 bits per heavy atom. The molecule has 0 aliphatic carbocycles. The zero-order valence-corrected chi connectivity index (χ0v) is 14.8. The summed E-state index contributed by atoms with van der Waals surface area (Å²) >= 11 is 3.23. The summed E-state index contributed by atoms with van der Waals surface area (Å²) in [6.07, 6.45) is 3.60. The number of allylic oxidation sites excluding steroid dienone is 3. The van der Waals surface area contributed by atoms with Crippen LogP contribution in [-0.4, -0.2) is 17.9 Å². The molecular formula is C14H10BrF3NY-. The number of alkyl halides is 2. The van der Waals surface area contributed by atoms with Gasteiger partial charge in [0, 0.05) is 32.7 Å². The van der Waals surface area contributed by atoms with E-state index >= 15 is 0 Å². The second kappa shape index (κ2) is 7.57. The number of halogens is 4. The first-order valence-electron chi connectivity index (χ1n) is 5.49. The van der Waals surface area contributed by atoms with Gasteiger partial charge in [-0.25, -0.2) is 13.2 Å². The first kappa shape index (κ1) is 17.7. The largest absolute Gasteiger partial charge is 0.370 e. The van der Waals surface area contributed by atoms with Crippen LogP contribution in [0, 0.1) is 11.9 Å². The molecule has 1 radical (unpaired) electrons. The molecule has 2 rings (SSSR count). The molecule has 6 heteroatoms. The van der Waals surface area contributed by atoms with Crippen LogP contribution in [0.25, 0.3) is 5.70 Å². The minimum absolute atomic E-state index is 0. The average molecular weight is 418 g/mol. The minimum Gasteiger partial charge on any atom is -0.370 e. The van der Waals surface area contributed by atoms with Crippen molar-refractivity contribution in [2.24, 2.45) is 0 Å². The van der Waals surface area contributed by atoms with Crippen LogP contribution >= 0.6 is 15.9 Å². The van der Waals surface area contributed by atoms with Gasteiger partial charge in [-0.3, -0.25) is 0 Å². The van der Waals surface area contributed by atoms with Crippen molar-refractivity contribution in [3.05, 3.63) is 64.6 Å². The predicted octanol–water partition coefficient (Wildman–Crippen LogP) is 4.38.